The van der Waals surface area contributed by atoms with E-state index in [1.807, 2.05) is 6.92 Å². The number of rotatable bonds is 6. The first-order valence-corrected chi connectivity index (χ1v) is 15.9. The normalized spacial score (nSPS) is 24.8. The molecule has 3 N–H and O–H groups in total. The summed E-state index contributed by atoms with van der Waals surface area (Å²) in [5.41, 5.74) is 6.13. The van der Waals surface area contributed by atoms with Crippen LogP contribution in [0.15, 0.2) is 16.9 Å². The number of thiazole rings is 1. The molecule has 4 atom stereocenters. The van der Waals surface area contributed by atoms with E-state index in [9.17, 15) is 9.18 Å². The topological polar surface area (TPSA) is 114 Å². The van der Waals surface area contributed by atoms with Gasteiger partial charge in [-0.3, -0.25) is 9.69 Å². The first-order valence-electron chi connectivity index (χ1n) is 15.1. The molecule has 4 aliphatic rings. The number of halogens is 2. The Morgan fingerprint density at radius 2 is 1.86 bits per heavy atom. The molecule has 43 heavy (non-hydrogen) atoms. The van der Waals surface area contributed by atoms with Crippen molar-refractivity contribution in [3.8, 4) is 17.3 Å². The third-order valence-corrected chi connectivity index (χ3v) is 10.6. The molecule has 13 heteroatoms. The highest BCUT2D eigenvalue weighted by molar-refractivity contribution is 7.22. The van der Waals surface area contributed by atoms with Crippen LogP contribution in [0, 0.1) is 23.5 Å². The molecule has 6 heterocycles. The molecule has 0 bridgehead atoms. The van der Waals surface area contributed by atoms with Crippen molar-refractivity contribution in [2.45, 2.75) is 50.8 Å². The van der Waals surface area contributed by atoms with Crippen molar-refractivity contribution in [2.75, 3.05) is 50.4 Å². The fourth-order valence-corrected chi connectivity index (χ4v) is 8.18. The van der Waals surface area contributed by atoms with Crippen LogP contribution in [0.1, 0.15) is 38.6 Å². The van der Waals surface area contributed by atoms with E-state index in [1.54, 1.807) is 0 Å². The summed E-state index contributed by atoms with van der Waals surface area (Å²) in [5, 5.41) is 3.78. The minimum atomic E-state index is -0.666. The Balaban J connectivity index is 1.36. The van der Waals surface area contributed by atoms with Crippen molar-refractivity contribution in [3.63, 3.8) is 0 Å². The van der Waals surface area contributed by atoms with E-state index in [2.05, 4.69) is 32.1 Å². The molecule has 2 unspecified atom stereocenters. The van der Waals surface area contributed by atoms with Crippen LogP contribution in [-0.4, -0.2) is 76.3 Å². The number of hydrogen-bond acceptors (Lipinski definition) is 10. The van der Waals surface area contributed by atoms with Gasteiger partial charge in [0.1, 0.15) is 28.6 Å². The van der Waals surface area contributed by atoms with Crippen molar-refractivity contribution in [3.05, 3.63) is 34.1 Å². The van der Waals surface area contributed by atoms with Gasteiger partial charge < -0.3 is 25.3 Å². The molecule has 3 saturated heterocycles. The van der Waals surface area contributed by atoms with Crippen molar-refractivity contribution in [1.82, 2.24) is 29.7 Å². The van der Waals surface area contributed by atoms with Gasteiger partial charge in [0, 0.05) is 43.8 Å². The van der Waals surface area contributed by atoms with Crippen molar-refractivity contribution < 1.29 is 13.5 Å². The third kappa shape index (κ3) is 4.38. The minimum absolute atomic E-state index is 0.0527. The van der Waals surface area contributed by atoms with Crippen LogP contribution >= 0.6 is 11.3 Å². The predicted molar refractivity (Wildman–Crippen MR) is 163 cm³/mol. The van der Waals surface area contributed by atoms with Crippen LogP contribution in [-0.2, 0) is 0 Å². The molecule has 0 amide bonds. The number of ether oxygens (including phenoxy) is 1. The molecule has 1 saturated carbocycles. The molecule has 0 spiro atoms. The number of fused-ring (bicyclic) bond motifs is 3. The number of hydrogen-bond donors (Lipinski definition) is 2. The predicted octanol–water partition coefficient (Wildman–Crippen LogP) is 3.78. The van der Waals surface area contributed by atoms with Gasteiger partial charge in [-0.1, -0.05) is 11.3 Å². The van der Waals surface area contributed by atoms with Crippen LogP contribution in [0.25, 0.3) is 32.4 Å². The Morgan fingerprint density at radius 1 is 1.09 bits per heavy atom. The van der Waals surface area contributed by atoms with E-state index in [-0.39, 0.29) is 61.7 Å². The smallest absolute Gasteiger partial charge is 0.319 e. The summed E-state index contributed by atoms with van der Waals surface area (Å²) in [7, 11) is 2.07. The van der Waals surface area contributed by atoms with E-state index in [1.165, 1.54) is 16.7 Å². The Bertz CT molecular complexity index is 1810. The number of nitrogens with zero attached hydrogens (tertiary/aromatic N) is 6. The summed E-state index contributed by atoms with van der Waals surface area (Å²) in [6.07, 6.45) is 3.32. The van der Waals surface area contributed by atoms with Gasteiger partial charge >= 0.3 is 6.01 Å². The second-order valence-corrected chi connectivity index (χ2v) is 13.6. The minimum Gasteiger partial charge on any atom is -0.459 e. The molecule has 1 aliphatic carbocycles. The van der Waals surface area contributed by atoms with E-state index in [0.29, 0.717) is 36.3 Å². The van der Waals surface area contributed by atoms with Gasteiger partial charge in [0.05, 0.1) is 15.9 Å². The fraction of sp³-hybridized carbons (Fsp3) is 0.533. The molecular formula is C30H34F2N8O2S. The summed E-state index contributed by atoms with van der Waals surface area (Å²) in [4.78, 5) is 32.6. The number of benzene rings is 1. The van der Waals surface area contributed by atoms with Crippen molar-refractivity contribution >= 4 is 43.4 Å². The van der Waals surface area contributed by atoms with Crippen LogP contribution < -0.4 is 26.2 Å². The summed E-state index contributed by atoms with van der Waals surface area (Å²) >= 11 is 1.00. The Labute approximate surface area is 250 Å². The Morgan fingerprint density at radius 3 is 2.56 bits per heavy atom. The highest BCUT2D eigenvalue weighted by Crippen LogP contribution is 2.43. The van der Waals surface area contributed by atoms with Crippen LogP contribution in [0.2, 0.25) is 0 Å². The van der Waals surface area contributed by atoms with Gasteiger partial charge in [-0.05, 0) is 70.2 Å². The fourth-order valence-electron chi connectivity index (χ4n) is 7.42. The number of anilines is 2. The maximum atomic E-state index is 17.1. The van der Waals surface area contributed by atoms with Crippen LogP contribution in [0.5, 0.6) is 6.01 Å². The largest absolute Gasteiger partial charge is 0.459 e. The molecule has 10 nitrogen and oxygen atoms in total. The summed E-state index contributed by atoms with van der Waals surface area (Å²) < 4.78 is 39.9. The van der Waals surface area contributed by atoms with E-state index in [0.717, 1.165) is 56.7 Å². The zero-order valence-electron chi connectivity index (χ0n) is 24.1. The lowest BCUT2D eigenvalue weighted by Crippen LogP contribution is -2.38. The first kappa shape index (κ1) is 27.2. The third-order valence-electron chi connectivity index (χ3n) is 9.74. The zero-order chi connectivity index (χ0) is 29.6. The maximum absolute atomic E-state index is 17.1. The highest BCUT2D eigenvalue weighted by Gasteiger charge is 2.40. The lowest BCUT2D eigenvalue weighted by Gasteiger charge is -2.27. The monoisotopic (exact) mass is 608 g/mol. The second kappa shape index (κ2) is 10.1. The molecule has 3 aromatic heterocycles. The van der Waals surface area contributed by atoms with Crippen LogP contribution in [0.3, 0.4) is 0 Å². The number of likely N-dealkylation sites (N-methyl/N-ethyl adjacent to an activating group) is 1. The van der Waals surface area contributed by atoms with Gasteiger partial charge in [0.25, 0.3) is 5.56 Å². The SMILES string of the molecule is C[C@H](Oc1nc(N2CC3CNCC3C2)c2c(=O)n(C3CC3)c(-c3ccc(F)c4sc(N)nc34)c(F)c2n1)[C@@H]1CCCN1C. The standard InChI is InChI=1S/C30H34F2N8O2S/c1-14(20-4-3-9-38(20)2)42-30-36-24-21(27(37-30)39-12-15-10-34-11-16(15)13-39)28(41)40(17-5-6-17)25(22(24)32)18-7-8-19(31)26-23(18)35-29(33)43-26/h7-8,14-17,20,34H,3-6,9-13H2,1-2H3,(H2,33,35)/t14-,15?,16?,20-/m0/s1. The first-order chi connectivity index (χ1) is 20.8. The Kier molecular flexibility index (Phi) is 6.35. The lowest BCUT2D eigenvalue weighted by molar-refractivity contribution is 0.112. The number of nitrogens with one attached hydrogen (secondary N) is 1. The van der Waals surface area contributed by atoms with Gasteiger partial charge in [-0.2, -0.15) is 9.97 Å². The average molecular weight is 609 g/mol. The highest BCUT2D eigenvalue weighted by atomic mass is 32.1. The molecule has 4 fully saturated rings. The molecule has 4 aromatic rings. The molecule has 0 radical (unpaired) electrons. The maximum Gasteiger partial charge on any atom is 0.319 e. The number of pyridine rings is 1. The van der Waals surface area contributed by atoms with Gasteiger partial charge in [-0.15, -0.1) is 0 Å². The second-order valence-electron chi connectivity index (χ2n) is 12.5. The summed E-state index contributed by atoms with van der Waals surface area (Å²) in [5.74, 6) is 0.125. The number of likely N-dealkylation sites (tertiary alicyclic amines) is 1. The summed E-state index contributed by atoms with van der Waals surface area (Å²) in [6.45, 7) is 6.21. The average Bonchev–Trinajstić information content (AvgIpc) is 3.28. The molecule has 3 aliphatic heterocycles. The molecule has 226 valence electrons. The quantitative estimate of drug-likeness (QED) is 0.338. The summed E-state index contributed by atoms with van der Waals surface area (Å²) in [6, 6.07) is 2.82. The number of nitrogens with two attached hydrogens (primary N) is 1. The zero-order valence-corrected chi connectivity index (χ0v) is 25.0. The van der Waals surface area contributed by atoms with Crippen molar-refractivity contribution in [1.29, 1.82) is 0 Å². The van der Waals surface area contributed by atoms with Crippen LogP contribution in [0.4, 0.5) is 19.7 Å². The lowest BCUT2D eigenvalue weighted by atomic mass is 10.0. The molecule has 1 aromatic carbocycles. The Hall–Kier alpha value is -3.42. The number of nitrogen functional groups attached to an aromatic ring is 1. The van der Waals surface area contributed by atoms with Gasteiger partial charge in [0.2, 0.25) is 0 Å². The molecular weight excluding hydrogens is 574 g/mol. The van der Waals surface area contributed by atoms with Gasteiger partial charge in [0.15, 0.2) is 10.9 Å². The van der Waals surface area contributed by atoms with Gasteiger partial charge in [-0.25, -0.2) is 13.8 Å². The van der Waals surface area contributed by atoms with Crippen molar-refractivity contribution in [2.24, 2.45) is 11.8 Å². The van der Waals surface area contributed by atoms with E-state index < -0.39 is 11.6 Å². The van der Waals surface area contributed by atoms with E-state index >= 15 is 4.39 Å². The number of aromatic nitrogens is 4. The van der Waals surface area contributed by atoms with E-state index in [4.69, 9.17) is 15.5 Å². The molecule has 8 rings (SSSR count).